The summed E-state index contributed by atoms with van der Waals surface area (Å²) < 4.78 is 31.8. The number of hydrogen-bond donors (Lipinski definition) is 1. The first-order valence-corrected chi connectivity index (χ1v) is 8.66. The van der Waals surface area contributed by atoms with Gasteiger partial charge in [0.15, 0.2) is 22.5 Å². The van der Waals surface area contributed by atoms with Gasteiger partial charge in [0, 0.05) is 16.3 Å². The number of nitrogens with zero attached hydrogens (tertiary/aromatic N) is 1. The van der Waals surface area contributed by atoms with Crippen LogP contribution in [0.25, 0.3) is 11.3 Å². The molecule has 0 saturated carbocycles. The van der Waals surface area contributed by atoms with E-state index in [0.29, 0.717) is 32.0 Å². The molecule has 1 N–H and O–H groups in total. The molecular weight excluding hydrogens is 378 g/mol. The first kappa shape index (κ1) is 16.8. The summed E-state index contributed by atoms with van der Waals surface area (Å²) in [7, 11) is 1.43. The third-order valence-electron chi connectivity index (χ3n) is 3.09. The first-order chi connectivity index (χ1) is 11.5. The average Bonchev–Trinajstić information content (AvgIpc) is 3.16. The summed E-state index contributed by atoms with van der Waals surface area (Å²) in [6.45, 7) is 0. The molecular formula is C15H9ClF2N2O2S2. The van der Waals surface area contributed by atoms with Gasteiger partial charge in [0.1, 0.15) is 4.34 Å². The standard InChI is InChI=1S/C15H9ClF2N2O2S2/c1-22-12-8(5-23-13(12)16)14(21)20-15-19-11(6-24-15)7-2-3-9(17)10(18)4-7/h2-6H,1H3,(H,19,20,21). The molecule has 0 radical (unpaired) electrons. The lowest BCUT2D eigenvalue weighted by Crippen LogP contribution is -2.11. The molecule has 3 aromatic rings. The summed E-state index contributed by atoms with van der Waals surface area (Å²) >= 11 is 8.29. The molecule has 9 heteroatoms. The van der Waals surface area contributed by atoms with Gasteiger partial charge in [-0.1, -0.05) is 11.6 Å². The van der Waals surface area contributed by atoms with Gasteiger partial charge in [0.2, 0.25) is 0 Å². The van der Waals surface area contributed by atoms with Crippen LogP contribution >= 0.6 is 34.3 Å². The summed E-state index contributed by atoms with van der Waals surface area (Å²) in [5.41, 5.74) is 1.16. The molecule has 24 heavy (non-hydrogen) atoms. The van der Waals surface area contributed by atoms with Crippen LogP contribution in [0.1, 0.15) is 10.4 Å². The quantitative estimate of drug-likeness (QED) is 0.681. The normalized spacial score (nSPS) is 10.7. The van der Waals surface area contributed by atoms with Crippen molar-refractivity contribution >= 4 is 45.3 Å². The maximum absolute atomic E-state index is 13.3. The molecule has 0 aliphatic heterocycles. The predicted molar refractivity (Wildman–Crippen MR) is 91.3 cm³/mol. The number of methoxy groups -OCH3 is 1. The van der Waals surface area contributed by atoms with E-state index in [1.807, 2.05) is 0 Å². The van der Waals surface area contributed by atoms with E-state index >= 15 is 0 Å². The summed E-state index contributed by atoms with van der Waals surface area (Å²) in [5.74, 6) is -1.99. The highest BCUT2D eigenvalue weighted by molar-refractivity contribution is 7.15. The lowest BCUT2D eigenvalue weighted by molar-refractivity contribution is 0.102. The Morgan fingerprint density at radius 3 is 2.75 bits per heavy atom. The Morgan fingerprint density at radius 2 is 2.04 bits per heavy atom. The minimum absolute atomic E-state index is 0.302. The number of ether oxygens (including phenoxy) is 1. The van der Waals surface area contributed by atoms with Crippen molar-refractivity contribution < 1.29 is 18.3 Å². The van der Waals surface area contributed by atoms with Crippen molar-refractivity contribution in [3.05, 3.63) is 50.5 Å². The van der Waals surface area contributed by atoms with E-state index in [4.69, 9.17) is 16.3 Å². The van der Waals surface area contributed by atoms with E-state index in [2.05, 4.69) is 10.3 Å². The van der Waals surface area contributed by atoms with E-state index in [1.165, 1.54) is 35.8 Å². The molecule has 0 aliphatic carbocycles. The zero-order valence-corrected chi connectivity index (χ0v) is 14.5. The summed E-state index contributed by atoms with van der Waals surface area (Å²) in [6.07, 6.45) is 0. The maximum atomic E-state index is 13.3. The number of hydrogen-bond acceptors (Lipinski definition) is 5. The van der Waals surface area contributed by atoms with Crippen LogP contribution in [0.15, 0.2) is 29.0 Å². The second-order valence-electron chi connectivity index (χ2n) is 4.58. The van der Waals surface area contributed by atoms with Crippen LogP contribution in [0.5, 0.6) is 5.75 Å². The van der Waals surface area contributed by atoms with Gasteiger partial charge in [-0.2, -0.15) is 0 Å². The third kappa shape index (κ3) is 3.26. The van der Waals surface area contributed by atoms with Gasteiger partial charge in [-0.3, -0.25) is 10.1 Å². The van der Waals surface area contributed by atoms with E-state index in [9.17, 15) is 13.6 Å². The molecule has 1 amide bonds. The highest BCUT2D eigenvalue weighted by Crippen LogP contribution is 2.35. The van der Waals surface area contributed by atoms with Crippen molar-refractivity contribution in [1.82, 2.24) is 4.98 Å². The monoisotopic (exact) mass is 386 g/mol. The number of carbonyl (C=O) groups excluding carboxylic acids is 1. The van der Waals surface area contributed by atoms with Crippen LogP contribution in [0.2, 0.25) is 4.34 Å². The van der Waals surface area contributed by atoms with Crippen molar-refractivity contribution in [2.45, 2.75) is 0 Å². The fourth-order valence-electron chi connectivity index (χ4n) is 1.95. The van der Waals surface area contributed by atoms with Crippen molar-refractivity contribution in [3.63, 3.8) is 0 Å². The van der Waals surface area contributed by atoms with Crippen LogP contribution in [-0.2, 0) is 0 Å². The predicted octanol–water partition coefficient (Wildman–Crippen LogP) is 5.06. The smallest absolute Gasteiger partial charge is 0.262 e. The molecule has 0 unspecified atom stereocenters. The molecule has 0 atom stereocenters. The zero-order chi connectivity index (χ0) is 17.3. The average molecular weight is 387 g/mol. The number of amides is 1. The summed E-state index contributed by atoms with van der Waals surface area (Å²) in [5, 5.41) is 6.18. The molecule has 0 aliphatic rings. The van der Waals surface area contributed by atoms with Crippen LogP contribution in [0.4, 0.5) is 13.9 Å². The number of nitrogens with one attached hydrogen (secondary N) is 1. The number of thiazole rings is 1. The molecule has 0 bridgehead atoms. The molecule has 4 nitrogen and oxygen atoms in total. The highest BCUT2D eigenvalue weighted by atomic mass is 35.5. The minimum Gasteiger partial charge on any atom is -0.493 e. The third-order valence-corrected chi connectivity index (χ3v) is 5.03. The van der Waals surface area contributed by atoms with Gasteiger partial charge in [-0.05, 0) is 18.2 Å². The molecule has 2 aromatic heterocycles. The van der Waals surface area contributed by atoms with Gasteiger partial charge in [0.25, 0.3) is 5.91 Å². The fourth-order valence-corrected chi connectivity index (χ4v) is 3.72. The Hall–Kier alpha value is -2.03. The second-order valence-corrected chi connectivity index (χ2v) is 6.92. The lowest BCUT2D eigenvalue weighted by atomic mass is 10.2. The molecule has 124 valence electrons. The molecule has 0 fully saturated rings. The van der Waals surface area contributed by atoms with Gasteiger partial charge in [-0.25, -0.2) is 13.8 Å². The van der Waals surface area contributed by atoms with Gasteiger partial charge < -0.3 is 4.74 Å². The van der Waals surface area contributed by atoms with Crippen LogP contribution < -0.4 is 10.1 Å². The number of anilines is 1. The van der Waals surface area contributed by atoms with Crippen molar-refractivity contribution in [2.24, 2.45) is 0 Å². The number of halogens is 3. The highest BCUT2D eigenvalue weighted by Gasteiger charge is 2.19. The molecule has 0 spiro atoms. The van der Waals surface area contributed by atoms with E-state index in [0.717, 1.165) is 12.1 Å². The van der Waals surface area contributed by atoms with Crippen molar-refractivity contribution in [1.29, 1.82) is 0 Å². The Labute approximate surface area is 148 Å². The Bertz CT molecular complexity index is 911. The van der Waals surface area contributed by atoms with E-state index in [-0.39, 0.29) is 0 Å². The Kier molecular flexibility index (Phi) is 4.79. The van der Waals surface area contributed by atoms with Gasteiger partial charge in [-0.15, -0.1) is 22.7 Å². The molecule has 0 saturated heterocycles. The van der Waals surface area contributed by atoms with Crippen molar-refractivity contribution in [3.8, 4) is 17.0 Å². The maximum Gasteiger partial charge on any atom is 0.262 e. The number of rotatable bonds is 4. The summed E-state index contributed by atoms with van der Waals surface area (Å²) in [4.78, 5) is 16.5. The Morgan fingerprint density at radius 1 is 1.25 bits per heavy atom. The van der Waals surface area contributed by atoms with Crippen LogP contribution in [0.3, 0.4) is 0 Å². The topological polar surface area (TPSA) is 51.2 Å². The van der Waals surface area contributed by atoms with E-state index in [1.54, 1.807) is 10.8 Å². The number of thiophene rings is 1. The minimum atomic E-state index is -0.955. The second kappa shape index (κ2) is 6.84. The van der Waals surface area contributed by atoms with Crippen LogP contribution in [-0.4, -0.2) is 18.0 Å². The molecule has 3 rings (SSSR count). The SMILES string of the molecule is COc1c(C(=O)Nc2nc(-c3ccc(F)c(F)c3)cs2)csc1Cl. The summed E-state index contributed by atoms with van der Waals surface area (Å²) in [6, 6.07) is 3.50. The van der Waals surface area contributed by atoms with Gasteiger partial charge >= 0.3 is 0 Å². The zero-order valence-electron chi connectivity index (χ0n) is 12.1. The lowest BCUT2D eigenvalue weighted by Gasteiger charge is -2.03. The van der Waals surface area contributed by atoms with Crippen LogP contribution in [0, 0.1) is 11.6 Å². The van der Waals surface area contributed by atoms with Gasteiger partial charge in [0.05, 0.1) is 18.4 Å². The van der Waals surface area contributed by atoms with Crippen molar-refractivity contribution in [2.75, 3.05) is 12.4 Å². The van der Waals surface area contributed by atoms with E-state index < -0.39 is 17.5 Å². The first-order valence-electron chi connectivity index (χ1n) is 6.53. The largest absolute Gasteiger partial charge is 0.493 e. The number of benzene rings is 1. The number of carbonyl (C=O) groups is 1. The molecule has 2 heterocycles. The Balaban J connectivity index is 1.80. The molecule has 1 aromatic carbocycles. The number of aromatic nitrogens is 1. The fraction of sp³-hybridized carbons (Fsp3) is 0.0667.